The van der Waals surface area contributed by atoms with E-state index in [0.717, 1.165) is 13.1 Å². The van der Waals surface area contributed by atoms with Crippen LogP contribution >= 0.6 is 11.6 Å². The van der Waals surface area contributed by atoms with Crippen LogP contribution in [0.25, 0.3) is 10.8 Å². The number of amides is 2. The number of likely N-dealkylation sites (tertiary alicyclic amines) is 1. The van der Waals surface area contributed by atoms with Crippen LogP contribution in [0.15, 0.2) is 66.7 Å². The van der Waals surface area contributed by atoms with Gasteiger partial charge in [-0.3, -0.25) is 0 Å². The fourth-order valence-corrected chi connectivity index (χ4v) is 4.33. The minimum atomic E-state index is -0.203. The summed E-state index contributed by atoms with van der Waals surface area (Å²) in [5.74, 6) is 0. The molecular weight excluding hydrogens is 370 g/mol. The minimum Gasteiger partial charge on any atom is -0.332 e. The SMILES string of the molecule is O=C(NC[C@H](c1cccc2ccccc12)[NH+]1CCCC1)Nc1cccc(Cl)c1. The average molecular weight is 395 g/mol. The third kappa shape index (κ3) is 4.29. The van der Waals surface area contributed by atoms with E-state index in [2.05, 4.69) is 53.1 Å². The first-order valence-electron chi connectivity index (χ1n) is 9.83. The summed E-state index contributed by atoms with van der Waals surface area (Å²) in [6, 6.07) is 22.2. The van der Waals surface area contributed by atoms with E-state index in [1.165, 1.54) is 29.2 Å². The highest BCUT2D eigenvalue weighted by molar-refractivity contribution is 6.30. The minimum absolute atomic E-state index is 0.203. The first-order chi connectivity index (χ1) is 13.7. The van der Waals surface area contributed by atoms with E-state index in [-0.39, 0.29) is 12.1 Å². The molecule has 3 N–H and O–H groups in total. The molecule has 0 radical (unpaired) electrons. The van der Waals surface area contributed by atoms with Crippen LogP contribution in [0.1, 0.15) is 24.4 Å². The highest BCUT2D eigenvalue weighted by Crippen LogP contribution is 2.23. The van der Waals surface area contributed by atoms with Crippen molar-refractivity contribution in [2.75, 3.05) is 25.0 Å². The van der Waals surface area contributed by atoms with Gasteiger partial charge in [0, 0.05) is 29.1 Å². The Hall–Kier alpha value is -2.56. The van der Waals surface area contributed by atoms with Crippen molar-refractivity contribution >= 4 is 34.1 Å². The summed E-state index contributed by atoms with van der Waals surface area (Å²) in [6.45, 7) is 2.88. The van der Waals surface area contributed by atoms with Crippen LogP contribution in [0.4, 0.5) is 10.5 Å². The van der Waals surface area contributed by atoms with Gasteiger partial charge >= 0.3 is 6.03 Å². The van der Waals surface area contributed by atoms with Gasteiger partial charge in [-0.15, -0.1) is 0 Å². The number of benzene rings is 3. The Bertz CT molecular complexity index is 963. The van der Waals surface area contributed by atoms with Crippen molar-refractivity contribution in [1.29, 1.82) is 0 Å². The Labute approximate surface area is 170 Å². The molecule has 144 valence electrons. The molecule has 3 aromatic rings. The summed E-state index contributed by atoms with van der Waals surface area (Å²) >= 11 is 6.00. The second kappa shape index (κ2) is 8.63. The van der Waals surface area contributed by atoms with Crippen LogP contribution < -0.4 is 15.5 Å². The maximum Gasteiger partial charge on any atom is 0.319 e. The Balaban J connectivity index is 1.53. The predicted octanol–water partition coefficient (Wildman–Crippen LogP) is 4.03. The number of urea groups is 1. The van der Waals surface area contributed by atoms with Crippen molar-refractivity contribution in [1.82, 2.24) is 5.32 Å². The maximum atomic E-state index is 12.5. The number of carbonyl (C=O) groups is 1. The summed E-state index contributed by atoms with van der Waals surface area (Å²) < 4.78 is 0. The number of hydrogen-bond acceptors (Lipinski definition) is 1. The summed E-state index contributed by atoms with van der Waals surface area (Å²) in [6.07, 6.45) is 2.48. The second-order valence-electron chi connectivity index (χ2n) is 7.33. The van der Waals surface area contributed by atoms with Gasteiger partial charge in [0.15, 0.2) is 0 Å². The molecular formula is C23H25ClN3O+. The fraction of sp³-hybridized carbons (Fsp3) is 0.261. The smallest absolute Gasteiger partial charge is 0.319 e. The number of halogens is 1. The Morgan fingerprint density at radius 2 is 1.75 bits per heavy atom. The molecule has 0 unspecified atom stereocenters. The largest absolute Gasteiger partial charge is 0.332 e. The zero-order valence-corrected chi connectivity index (χ0v) is 16.5. The molecule has 1 atom stereocenters. The topological polar surface area (TPSA) is 45.6 Å². The van der Waals surface area contributed by atoms with Gasteiger partial charge in [0.1, 0.15) is 6.04 Å². The lowest BCUT2D eigenvalue weighted by Gasteiger charge is -2.26. The molecule has 0 aromatic heterocycles. The van der Waals surface area contributed by atoms with Crippen molar-refractivity contribution in [3.63, 3.8) is 0 Å². The van der Waals surface area contributed by atoms with Gasteiger partial charge < -0.3 is 15.5 Å². The average Bonchev–Trinajstić information content (AvgIpc) is 3.23. The number of anilines is 1. The summed E-state index contributed by atoms with van der Waals surface area (Å²) in [7, 11) is 0. The maximum absolute atomic E-state index is 12.5. The number of rotatable bonds is 5. The lowest BCUT2D eigenvalue weighted by atomic mass is 9.97. The molecule has 1 saturated heterocycles. The molecule has 1 fully saturated rings. The molecule has 0 saturated carbocycles. The molecule has 5 heteroatoms. The third-order valence-corrected chi connectivity index (χ3v) is 5.72. The van der Waals surface area contributed by atoms with E-state index in [1.807, 2.05) is 12.1 Å². The monoisotopic (exact) mass is 394 g/mol. The number of nitrogens with one attached hydrogen (secondary N) is 3. The Morgan fingerprint density at radius 1 is 1.00 bits per heavy atom. The van der Waals surface area contributed by atoms with Crippen LogP contribution in [0.5, 0.6) is 0 Å². The fourth-order valence-electron chi connectivity index (χ4n) is 4.14. The molecule has 28 heavy (non-hydrogen) atoms. The normalized spacial score (nSPS) is 15.5. The molecule has 1 aliphatic rings. The highest BCUT2D eigenvalue weighted by atomic mass is 35.5. The van der Waals surface area contributed by atoms with Gasteiger partial charge in [-0.25, -0.2) is 4.79 Å². The number of carbonyl (C=O) groups excluding carboxylic acids is 1. The van der Waals surface area contributed by atoms with Gasteiger partial charge in [-0.05, 0) is 29.0 Å². The van der Waals surface area contributed by atoms with E-state index in [9.17, 15) is 4.79 Å². The Morgan fingerprint density at radius 3 is 2.57 bits per heavy atom. The van der Waals surface area contributed by atoms with Crippen LogP contribution in [0, 0.1) is 0 Å². The van der Waals surface area contributed by atoms with Crippen LogP contribution in [0.3, 0.4) is 0 Å². The van der Waals surface area contributed by atoms with Crippen molar-refractivity contribution in [3.8, 4) is 0 Å². The Kier molecular flexibility index (Phi) is 5.79. The van der Waals surface area contributed by atoms with Crippen LogP contribution in [-0.4, -0.2) is 25.7 Å². The van der Waals surface area contributed by atoms with E-state index in [4.69, 9.17) is 11.6 Å². The van der Waals surface area contributed by atoms with Gasteiger partial charge in [-0.1, -0.05) is 60.1 Å². The van der Waals surface area contributed by atoms with Gasteiger partial charge in [0.2, 0.25) is 0 Å². The van der Waals surface area contributed by atoms with Crippen molar-refractivity contribution in [3.05, 3.63) is 77.3 Å². The molecule has 0 bridgehead atoms. The quantitative estimate of drug-likeness (QED) is 0.601. The van der Waals surface area contributed by atoms with E-state index in [1.54, 1.807) is 17.0 Å². The summed E-state index contributed by atoms with van der Waals surface area (Å²) in [4.78, 5) is 14.0. The zero-order valence-electron chi connectivity index (χ0n) is 15.7. The summed E-state index contributed by atoms with van der Waals surface area (Å²) in [5.41, 5.74) is 2.00. The summed E-state index contributed by atoms with van der Waals surface area (Å²) in [5, 5.41) is 9.07. The lowest BCUT2D eigenvalue weighted by Crippen LogP contribution is -3.11. The van der Waals surface area contributed by atoms with Gasteiger partial charge in [-0.2, -0.15) is 0 Å². The molecule has 4 rings (SSSR count). The van der Waals surface area contributed by atoms with Crippen LogP contribution in [-0.2, 0) is 0 Å². The second-order valence-corrected chi connectivity index (χ2v) is 7.77. The van der Waals surface area contributed by atoms with Crippen molar-refractivity contribution < 1.29 is 9.69 Å². The number of quaternary nitrogens is 1. The molecule has 4 nitrogen and oxygen atoms in total. The third-order valence-electron chi connectivity index (χ3n) is 5.49. The van der Waals surface area contributed by atoms with E-state index < -0.39 is 0 Å². The van der Waals surface area contributed by atoms with E-state index >= 15 is 0 Å². The molecule has 2 amide bonds. The molecule has 0 aliphatic carbocycles. The van der Waals surface area contributed by atoms with Crippen molar-refractivity contribution in [2.24, 2.45) is 0 Å². The molecule has 1 heterocycles. The molecule has 3 aromatic carbocycles. The van der Waals surface area contributed by atoms with Gasteiger partial charge in [0.25, 0.3) is 0 Å². The highest BCUT2D eigenvalue weighted by Gasteiger charge is 2.29. The van der Waals surface area contributed by atoms with Crippen molar-refractivity contribution in [2.45, 2.75) is 18.9 Å². The number of fused-ring (bicyclic) bond motifs is 1. The van der Waals surface area contributed by atoms with E-state index in [0.29, 0.717) is 17.3 Å². The predicted molar refractivity (Wildman–Crippen MR) is 115 cm³/mol. The first kappa shape index (κ1) is 18.8. The lowest BCUT2D eigenvalue weighted by molar-refractivity contribution is -0.918. The van der Waals surface area contributed by atoms with Gasteiger partial charge in [0.05, 0.1) is 19.6 Å². The number of hydrogen-bond donors (Lipinski definition) is 3. The molecule has 0 spiro atoms. The molecule has 1 aliphatic heterocycles. The zero-order chi connectivity index (χ0) is 19.3. The van der Waals surface area contributed by atoms with Crippen LogP contribution in [0.2, 0.25) is 5.02 Å². The standard InChI is InChI=1S/C23H24ClN3O/c24-18-9-6-10-19(15-18)26-23(28)25-16-22(27-13-3-4-14-27)21-12-5-8-17-7-1-2-11-20(17)21/h1-2,5-12,15,22H,3-4,13-14,16H2,(H2,25,26,28)/p+1/t22-/m1/s1. The first-order valence-corrected chi connectivity index (χ1v) is 10.2.